The third-order valence-corrected chi connectivity index (χ3v) is 22.2. The molecule has 0 bridgehead atoms. The largest absolute Gasteiger partial charge is 0.508 e. The Morgan fingerprint density at radius 3 is 1.76 bits per heavy atom. The van der Waals surface area contributed by atoms with Crippen molar-refractivity contribution in [2.45, 2.75) is 287 Å². The molecule has 1 aromatic heterocycles. The van der Waals surface area contributed by atoms with Crippen molar-refractivity contribution in [1.29, 1.82) is 0 Å². The second-order valence-electron chi connectivity index (χ2n) is 33.6. The molecular weight excluding hydrogens is 1660 g/mol. The lowest BCUT2D eigenvalue weighted by Crippen LogP contribution is -2.65. The maximum Gasteiger partial charge on any atom is 0.303 e. The van der Waals surface area contributed by atoms with Crippen LogP contribution in [0.1, 0.15) is 195 Å². The molecule has 2 heterocycles. The molecule has 4 aromatic rings. The fraction of sp³-hybridized carbons (Fsp3) is 0.552. The number of amides is 16. The number of benzene rings is 3. The summed E-state index contributed by atoms with van der Waals surface area (Å²) in [5.41, 5.74) is 7.93. The smallest absolute Gasteiger partial charge is 0.303 e. The Balaban J connectivity index is 1.45. The van der Waals surface area contributed by atoms with E-state index in [0.717, 1.165) is 38.5 Å². The summed E-state index contributed by atoms with van der Waals surface area (Å²) in [5.74, 6) is -20.7. The highest BCUT2D eigenvalue weighted by molar-refractivity contribution is 6.02. The van der Waals surface area contributed by atoms with Crippen LogP contribution >= 0.6 is 0 Å². The van der Waals surface area contributed by atoms with Gasteiger partial charge < -0.3 is 111 Å². The van der Waals surface area contributed by atoms with Gasteiger partial charge in [0.25, 0.3) is 0 Å². The van der Waals surface area contributed by atoms with Crippen LogP contribution in [0.3, 0.4) is 0 Å². The molecule has 2 aliphatic rings. The number of phenolic OH excluding ortho intramolecular Hbond substituents is 1. The quantitative estimate of drug-likeness (QED) is 0.0289. The molecule has 0 spiro atoms. The third-order valence-electron chi connectivity index (χ3n) is 22.2. The van der Waals surface area contributed by atoms with Crippen LogP contribution in [0.4, 0.5) is 8.78 Å². The number of phenols is 1. The molecule has 16 amide bonds. The van der Waals surface area contributed by atoms with Gasteiger partial charge in [0.05, 0.1) is 12.7 Å². The number of aromatic nitrogens is 1. The van der Waals surface area contributed by atoms with Crippen LogP contribution in [0.5, 0.6) is 5.75 Å². The van der Waals surface area contributed by atoms with Crippen LogP contribution in [-0.4, -0.2) is 222 Å². The number of hydrogen-bond donors (Lipinski definition) is 21. The number of fused-ring (bicyclic) bond motifs is 1. The standard InChI is InChI=1S/C87H123F2N17O21/c1-46(2)38-63(96-51(7)109)79(121)104-71(50(6)108)83(125)101-66(42-54-28-31-58(88)59(89)39-54)82(124)106-86(8)36-19-15-13-11-10-12-14-16-20-37-87(9,85(127)103-68(45-107)80(122)95-48(4)73(115)93-47(3)72(91)114)105-81(123)65(40-52-22-21-23-52)99-75(117)61(32-34-69(90)111)97-74(116)49(5)94-77(119)67(43-55-44-92-60-25-18-17-24-57(55)60)100-78(120)64(41-53-26-29-56(110)30-27-53)98-76(118)62(102-84(86)126)33-35-70(112)113/h12,14,17-18,24-31,39,44,46-50,52,61-68,71,92,107-108,110H,10-11,13,15-16,19-23,32-38,40-43,45H2,1-9H3,(H2,90,111)(H2,91,114)(H,93,115)(H,94,119)(H,95,122)(H,96,109)(H,97,116)(H,98,118)(H,99,117)(H,100,120)(H,101,125)(H,102,126)(H,103,127)(H,104,121)(H,105,123)(H,106,124)(H,112,113)/t47-,48-,49-,50+,61-,62-,63-,64-,65-,66-,67-,68-,71-,86+,87?/m0/s1. The number of allylic oxidation sites excluding steroid dienone is 2. The first-order chi connectivity index (χ1) is 59.9. The molecule has 40 heteroatoms. The van der Waals surface area contributed by atoms with Crippen molar-refractivity contribution < 1.29 is 111 Å². The first-order valence-corrected chi connectivity index (χ1v) is 42.7. The molecule has 1 unspecified atom stereocenters. The summed E-state index contributed by atoms with van der Waals surface area (Å²) in [6, 6.07) is -4.54. The Hall–Kier alpha value is -12.5. The Bertz CT molecular complexity index is 4600. The molecular formula is C87H123F2N17O21. The molecule has 38 nitrogen and oxygen atoms in total. The zero-order valence-electron chi connectivity index (χ0n) is 72.9. The summed E-state index contributed by atoms with van der Waals surface area (Å²) >= 11 is 0. The number of aliphatic hydroxyl groups excluding tert-OH is 2. The maximum atomic E-state index is 15.5. The van der Waals surface area contributed by atoms with Gasteiger partial charge in [-0.05, 0) is 165 Å². The highest BCUT2D eigenvalue weighted by Crippen LogP contribution is 2.32. The van der Waals surface area contributed by atoms with Crippen molar-refractivity contribution in [3.8, 4) is 5.75 Å². The monoisotopic (exact) mass is 1780 g/mol. The minimum Gasteiger partial charge on any atom is -0.508 e. The van der Waals surface area contributed by atoms with Crippen LogP contribution in [0, 0.1) is 23.5 Å². The normalized spacial score (nSPS) is 22.5. The molecule has 0 saturated heterocycles. The van der Waals surface area contributed by atoms with Gasteiger partial charge in [-0.1, -0.05) is 101 Å². The van der Waals surface area contributed by atoms with E-state index in [0.29, 0.717) is 55.0 Å². The van der Waals surface area contributed by atoms with Crippen molar-refractivity contribution in [3.63, 3.8) is 0 Å². The van der Waals surface area contributed by atoms with Crippen LogP contribution < -0.4 is 85.9 Å². The van der Waals surface area contributed by atoms with E-state index >= 15 is 33.2 Å². The van der Waals surface area contributed by atoms with E-state index in [1.54, 1.807) is 50.4 Å². The van der Waals surface area contributed by atoms with E-state index in [9.17, 15) is 77.6 Å². The van der Waals surface area contributed by atoms with Gasteiger partial charge in [0.1, 0.15) is 89.3 Å². The van der Waals surface area contributed by atoms with Gasteiger partial charge in [0, 0.05) is 56.1 Å². The lowest BCUT2D eigenvalue weighted by Gasteiger charge is -2.35. The van der Waals surface area contributed by atoms with Crippen molar-refractivity contribution in [2.24, 2.45) is 23.3 Å². The average molecular weight is 1780 g/mol. The number of carboxylic acids is 1. The molecule has 1 aliphatic carbocycles. The highest BCUT2D eigenvalue weighted by atomic mass is 19.2. The number of aromatic hydroxyl groups is 1. The zero-order chi connectivity index (χ0) is 94.2. The molecule has 696 valence electrons. The minimum atomic E-state index is -2.21. The number of aromatic amines is 1. The van der Waals surface area contributed by atoms with Gasteiger partial charge in [-0.3, -0.25) is 81.5 Å². The predicted molar refractivity (Wildman–Crippen MR) is 458 cm³/mol. The average Bonchev–Trinajstić information content (AvgIpc) is 1.80. The number of carbonyl (C=O) groups excluding carboxylic acids is 16. The number of hydrogen-bond acceptors (Lipinski definition) is 20. The SMILES string of the molecule is CC(=O)N[C@@H](CC(C)C)C(=O)N[C@H](C(=O)N[C@@H](Cc1ccc(F)c(F)c1)C(=O)N[C@]1(C)CCCCCCC=CCCCC(C)(C(=O)N[C@@H](CO)C(=O)N[C@@H](C)C(=O)N[C@@H](C)C(N)=O)NC(=O)[C@H](CC2CCC2)NC(=O)[C@H](CCC(N)=O)NC(=O)[C@H](C)NC(=O)[C@H](Cc2c[nH]c3ccccc23)NC(=O)[C@H](Cc2ccc(O)cc2)NC(=O)[C@H](CCC(=O)O)NC1=O)[C@@H](C)O. The van der Waals surface area contributed by atoms with Crippen LogP contribution in [-0.2, 0) is 101 Å². The van der Waals surface area contributed by atoms with Crippen molar-refractivity contribution in [1.82, 2.24) is 79.4 Å². The van der Waals surface area contributed by atoms with Gasteiger partial charge in [-0.25, -0.2) is 8.78 Å². The number of carboxylic acid groups (broad SMARTS) is 1. The zero-order valence-corrected chi connectivity index (χ0v) is 72.9. The van der Waals surface area contributed by atoms with Gasteiger partial charge in [-0.15, -0.1) is 0 Å². The van der Waals surface area contributed by atoms with E-state index in [2.05, 4.69) is 79.4 Å². The second-order valence-corrected chi connectivity index (χ2v) is 33.6. The third kappa shape index (κ3) is 33.1. The van der Waals surface area contributed by atoms with E-state index in [-0.39, 0.29) is 80.1 Å². The van der Waals surface area contributed by atoms with E-state index in [1.807, 2.05) is 6.08 Å². The molecule has 6 rings (SSSR count). The lowest BCUT2D eigenvalue weighted by atomic mass is 9.80. The fourth-order valence-electron chi connectivity index (χ4n) is 14.4. The Morgan fingerprint density at radius 2 is 1.15 bits per heavy atom. The van der Waals surface area contributed by atoms with E-state index in [4.69, 9.17) is 11.5 Å². The number of nitrogens with two attached hydrogens (primary N) is 2. The van der Waals surface area contributed by atoms with Crippen molar-refractivity contribution >= 4 is 111 Å². The van der Waals surface area contributed by atoms with Crippen molar-refractivity contribution in [2.75, 3.05) is 6.61 Å². The molecule has 1 saturated carbocycles. The molecule has 15 atom stereocenters. The van der Waals surface area contributed by atoms with E-state index < -0.39 is 247 Å². The van der Waals surface area contributed by atoms with Crippen LogP contribution in [0.25, 0.3) is 10.9 Å². The lowest BCUT2D eigenvalue weighted by molar-refractivity contribution is -0.140. The maximum absolute atomic E-state index is 15.5. The summed E-state index contributed by atoms with van der Waals surface area (Å²) < 4.78 is 29.6. The molecule has 23 N–H and O–H groups in total. The number of primary amides is 2. The van der Waals surface area contributed by atoms with Gasteiger partial charge in [0.2, 0.25) is 94.5 Å². The van der Waals surface area contributed by atoms with Crippen LogP contribution in [0.2, 0.25) is 0 Å². The molecule has 1 fully saturated rings. The number of nitrogens with one attached hydrogen (secondary N) is 15. The Labute approximate surface area is 734 Å². The number of H-pyrrole nitrogens is 1. The number of aliphatic carboxylic acids is 1. The summed E-state index contributed by atoms with van der Waals surface area (Å²) in [6.07, 6.45) is 3.25. The van der Waals surface area contributed by atoms with Gasteiger partial charge in [-0.2, -0.15) is 0 Å². The molecule has 1 aliphatic heterocycles. The molecule has 0 radical (unpaired) electrons. The number of aliphatic hydroxyl groups is 2. The summed E-state index contributed by atoms with van der Waals surface area (Å²) in [6.45, 7) is 11.2. The number of para-hydroxylation sites is 1. The van der Waals surface area contributed by atoms with Gasteiger partial charge in [0.15, 0.2) is 11.6 Å². The second kappa shape index (κ2) is 49.4. The van der Waals surface area contributed by atoms with Gasteiger partial charge >= 0.3 is 5.97 Å². The number of halogens is 2. The number of rotatable bonds is 32. The Kier molecular flexibility index (Phi) is 40.2. The highest BCUT2D eigenvalue weighted by Gasteiger charge is 2.44. The van der Waals surface area contributed by atoms with Crippen molar-refractivity contribution in [3.05, 3.63) is 113 Å². The first kappa shape index (κ1) is 103. The summed E-state index contributed by atoms with van der Waals surface area (Å²) in [5, 5.41) is 78.3. The minimum absolute atomic E-state index is 0.0115. The predicted octanol–water partition coefficient (Wildman–Crippen LogP) is 0.132. The Morgan fingerprint density at radius 1 is 0.567 bits per heavy atom. The number of carbonyl (C=O) groups is 17. The first-order valence-electron chi connectivity index (χ1n) is 42.7. The van der Waals surface area contributed by atoms with E-state index in [1.165, 1.54) is 58.9 Å². The fourth-order valence-corrected chi connectivity index (χ4v) is 14.4. The molecule has 127 heavy (non-hydrogen) atoms. The van der Waals surface area contributed by atoms with Crippen LogP contribution in [0.15, 0.2) is 85.1 Å². The summed E-state index contributed by atoms with van der Waals surface area (Å²) in [4.78, 5) is 243. The topological polar surface area (TPSA) is 607 Å². The summed E-state index contributed by atoms with van der Waals surface area (Å²) in [7, 11) is 0. The molecule has 3 aromatic carbocycles.